The summed E-state index contributed by atoms with van der Waals surface area (Å²) < 4.78 is 18.5. The predicted octanol–water partition coefficient (Wildman–Crippen LogP) is 3.23. The van der Waals surface area contributed by atoms with Crippen molar-refractivity contribution in [3.63, 3.8) is 0 Å². The Hall–Kier alpha value is -2.11. The number of hydrogen-bond acceptors (Lipinski definition) is 3. The summed E-state index contributed by atoms with van der Waals surface area (Å²) in [5.41, 5.74) is 1.66. The lowest BCUT2D eigenvalue weighted by Gasteiger charge is -2.09. The van der Waals surface area contributed by atoms with Gasteiger partial charge in [0.25, 0.3) is 0 Å². The first kappa shape index (κ1) is 16.3. The lowest BCUT2D eigenvalue weighted by atomic mass is 10.2. The van der Waals surface area contributed by atoms with Crippen LogP contribution in [0.1, 0.15) is 11.1 Å². The quantitative estimate of drug-likeness (QED) is 0.821. The highest BCUT2D eigenvalue weighted by molar-refractivity contribution is 6.31. The van der Waals surface area contributed by atoms with Crippen LogP contribution in [0.3, 0.4) is 0 Å². The van der Waals surface area contributed by atoms with Crippen LogP contribution in [0.15, 0.2) is 42.5 Å². The van der Waals surface area contributed by atoms with Crippen molar-refractivity contribution in [1.29, 1.82) is 0 Å². The molecule has 0 unspecified atom stereocenters. The fraction of sp³-hybridized carbons (Fsp3) is 0.188. The lowest BCUT2D eigenvalue weighted by molar-refractivity contribution is -0.135. The Bertz CT molecular complexity index is 646. The highest BCUT2D eigenvalue weighted by atomic mass is 35.5. The van der Waals surface area contributed by atoms with E-state index in [1.165, 1.54) is 12.1 Å². The fourth-order valence-electron chi connectivity index (χ4n) is 1.82. The summed E-state index contributed by atoms with van der Waals surface area (Å²) in [7, 11) is 0. The second-order valence-corrected chi connectivity index (χ2v) is 5.07. The third-order valence-electron chi connectivity index (χ3n) is 2.94. The minimum absolute atomic E-state index is 0.0820. The van der Waals surface area contributed by atoms with Crippen molar-refractivity contribution < 1.29 is 19.0 Å². The van der Waals surface area contributed by atoms with Gasteiger partial charge in [0.15, 0.2) is 0 Å². The van der Waals surface area contributed by atoms with Gasteiger partial charge in [-0.2, -0.15) is 0 Å². The highest BCUT2D eigenvalue weighted by Gasteiger charge is 2.03. The van der Waals surface area contributed by atoms with Crippen LogP contribution in [0, 0.1) is 5.82 Å². The van der Waals surface area contributed by atoms with Crippen LogP contribution in [-0.2, 0) is 17.9 Å². The molecule has 2 aromatic carbocycles. The maximum absolute atomic E-state index is 12.9. The second kappa shape index (κ2) is 7.77. The van der Waals surface area contributed by atoms with Gasteiger partial charge in [-0.3, -0.25) is 4.79 Å². The normalized spacial score (nSPS) is 10.5. The third-order valence-corrected chi connectivity index (χ3v) is 3.29. The van der Waals surface area contributed by atoms with E-state index in [9.17, 15) is 9.18 Å². The maximum Gasteiger partial charge on any atom is 0.317 e. The molecule has 0 aliphatic rings. The summed E-state index contributed by atoms with van der Waals surface area (Å²) in [4.78, 5) is 10.4. The van der Waals surface area contributed by atoms with Crippen LogP contribution in [-0.4, -0.2) is 17.6 Å². The average Bonchev–Trinajstić information content (AvgIpc) is 2.47. The van der Waals surface area contributed by atoms with Gasteiger partial charge in [-0.15, -0.1) is 0 Å². The van der Waals surface area contributed by atoms with Crippen LogP contribution in [0.25, 0.3) is 0 Å². The Morgan fingerprint density at radius 1 is 1.23 bits per heavy atom. The van der Waals surface area contributed by atoms with Crippen LogP contribution >= 0.6 is 11.6 Å². The molecule has 0 radical (unpaired) electrons. The summed E-state index contributed by atoms with van der Waals surface area (Å²) in [6.07, 6.45) is 0. The van der Waals surface area contributed by atoms with Gasteiger partial charge < -0.3 is 15.2 Å². The second-order valence-electron chi connectivity index (χ2n) is 4.67. The van der Waals surface area contributed by atoms with Gasteiger partial charge in [-0.25, -0.2) is 4.39 Å². The summed E-state index contributed by atoms with van der Waals surface area (Å²) in [6.45, 7) is 0.632. The number of halogens is 2. The van der Waals surface area contributed by atoms with Gasteiger partial charge in [-0.05, 0) is 29.8 Å². The number of carbonyl (C=O) groups is 1. The fourth-order valence-corrected chi connectivity index (χ4v) is 2.04. The van der Waals surface area contributed by atoms with E-state index in [1.54, 1.807) is 18.2 Å². The molecule has 0 aliphatic heterocycles. The molecule has 22 heavy (non-hydrogen) atoms. The topological polar surface area (TPSA) is 58.6 Å². The van der Waals surface area contributed by atoms with E-state index < -0.39 is 5.97 Å². The SMILES string of the molecule is O=C(O)CNCc1ccc(OCc2ccc(F)cc2Cl)cc1. The van der Waals surface area contributed by atoms with E-state index in [0.717, 1.165) is 5.56 Å². The van der Waals surface area contributed by atoms with Crippen LogP contribution in [0.4, 0.5) is 4.39 Å². The number of rotatable bonds is 7. The number of hydrogen-bond donors (Lipinski definition) is 2. The van der Waals surface area contributed by atoms with Crippen molar-refractivity contribution in [2.75, 3.05) is 6.54 Å². The van der Waals surface area contributed by atoms with Gasteiger partial charge in [0.2, 0.25) is 0 Å². The zero-order chi connectivity index (χ0) is 15.9. The summed E-state index contributed by atoms with van der Waals surface area (Å²) in [5, 5.41) is 11.7. The molecular formula is C16H15ClFNO3. The number of nitrogens with one attached hydrogen (secondary N) is 1. The predicted molar refractivity (Wildman–Crippen MR) is 81.5 cm³/mol. The molecule has 0 bridgehead atoms. The van der Waals surface area contributed by atoms with Crippen LogP contribution < -0.4 is 10.1 Å². The first-order valence-corrected chi connectivity index (χ1v) is 7.00. The van der Waals surface area contributed by atoms with Gasteiger partial charge in [0.1, 0.15) is 18.2 Å². The number of carboxylic acids is 1. The Morgan fingerprint density at radius 3 is 2.59 bits per heavy atom. The smallest absolute Gasteiger partial charge is 0.317 e. The molecule has 0 aliphatic carbocycles. The lowest BCUT2D eigenvalue weighted by Crippen LogP contribution is -2.21. The third kappa shape index (κ3) is 5.02. The van der Waals surface area contributed by atoms with Gasteiger partial charge in [0, 0.05) is 12.1 Å². The number of carboxylic acid groups (broad SMARTS) is 1. The number of benzene rings is 2. The average molecular weight is 324 g/mol. The van der Waals surface area contributed by atoms with E-state index in [0.29, 0.717) is 22.9 Å². The molecular weight excluding hydrogens is 309 g/mol. The molecule has 0 atom stereocenters. The molecule has 2 aromatic rings. The molecule has 6 heteroatoms. The van der Waals surface area contributed by atoms with Gasteiger partial charge in [-0.1, -0.05) is 29.8 Å². The van der Waals surface area contributed by atoms with Crippen molar-refractivity contribution in [2.45, 2.75) is 13.2 Å². The van der Waals surface area contributed by atoms with Gasteiger partial charge in [0.05, 0.1) is 11.6 Å². The maximum atomic E-state index is 12.9. The number of ether oxygens (including phenoxy) is 1. The molecule has 2 rings (SSSR count). The summed E-state index contributed by atoms with van der Waals surface area (Å²) in [5.74, 6) is -0.620. The molecule has 0 spiro atoms. The van der Waals surface area contributed by atoms with Gasteiger partial charge >= 0.3 is 5.97 Å². The van der Waals surface area contributed by atoms with E-state index in [2.05, 4.69) is 5.32 Å². The Labute approximate surface area is 132 Å². The van der Waals surface area contributed by atoms with Crippen molar-refractivity contribution in [3.05, 3.63) is 64.4 Å². The van der Waals surface area contributed by atoms with E-state index in [4.69, 9.17) is 21.4 Å². The van der Waals surface area contributed by atoms with E-state index in [-0.39, 0.29) is 19.0 Å². The first-order valence-electron chi connectivity index (χ1n) is 6.63. The van der Waals surface area contributed by atoms with Crippen molar-refractivity contribution in [1.82, 2.24) is 5.32 Å². The molecule has 0 saturated heterocycles. The highest BCUT2D eigenvalue weighted by Crippen LogP contribution is 2.20. The molecule has 0 amide bonds. The largest absolute Gasteiger partial charge is 0.489 e. The van der Waals surface area contributed by atoms with Crippen molar-refractivity contribution in [2.24, 2.45) is 0 Å². The van der Waals surface area contributed by atoms with Crippen molar-refractivity contribution >= 4 is 17.6 Å². The Balaban J connectivity index is 1.87. The first-order chi connectivity index (χ1) is 10.5. The molecule has 0 aromatic heterocycles. The summed E-state index contributed by atoms with van der Waals surface area (Å²) in [6, 6.07) is 11.4. The Morgan fingerprint density at radius 2 is 1.95 bits per heavy atom. The number of aliphatic carboxylic acids is 1. The molecule has 0 fully saturated rings. The molecule has 0 heterocycles. The molecule has 4 nitrogen and oxygen atoms in total. The van der Waals surface area contributed by atoms with Crippen molar-refractivity contribution in [3.8, 4) is 5.75 Å². The molecule has 0 saturated carbocycles. The summed E-state index contributed by atoms with van der Waals surface area (Å²) >= 11 is 5.93. The van der Waals surface area contributed by atoms with Crippen LogP contribution in [0.2, 0.25) is 5.02 Å². The molecule has 116 valence electrons. The van der Waals surface area contributed by atoms with Crippen LogP contribution in [0.5, 0.6) is 5.75 Å². The monoisotopic (exact) mass is 323 g/mol. The zero-order valence-corrected chi connectivity index (χ0v) is 12.4. The minimum atomic E-state index is -0.892. The molecule has 2 N–H and O–H groups in total. The standard InChI is InChI=1S/C16H15ClFNO3/c17-15-7-13(18)4-3-12(15)10-22-14-5-1-11(2-6-14)8-19-9-16(20)21/h1-7,19H,8-10H2,(H,20,21). The van der Waals surface area contributed by atoms with E-state index >= 15 is 0 Å². The minimum Gasteiger partial charge on any atom is -0.489 e. The Kier molecular flexibility index (Phi) is 5.75. The zero-order valence-electron chi connectivity index (χ0n) is 11.7. The van der Waals surface area contributed by atoms with E-state index in [1.807, 2.05) is 12.1 Å².